The zero-order valence-electron chi connectivity index (χ0n) is 11.3. The summed E-state index contributed by atoms with van der Waals surface area (Å²) >= 11 is 1.73. The van der Waals surface area contributed by atoms with Crippen LogP contribution in [-0.4, -0.2) is 36.5 Å². The zero-order chi connectivity index (χ0) is 12.5. The van der Waals surface area contributed by atoms with E-state index in [0.717, 1.165) is 30.9 Å². The second-order valence-electron chi connectivity index (χ2n) is 5.32. The topological polar surface area (TPSA) is 32.3 Å². The largest absolute Gasteiger partial charge is 0.333 e. The Hall–Kier alpha value is -0.580. The molecule has 2 heterocycles. The van der Waals surface area contributed by atoms with Crippen LogP contribution in [0, 0.1) is 0 Å². The van der Waals surface area contributed by atoms with E-state index in [1.54, 1.807) is 11.3 Å². The van der Waals surface area contributed by atoms with Crippen molar-refractivity contribution in [3.63, 3.8) is 0 Å². The number of rotatable bonds is 1. The fourth-order valence-corrected chi connectivity index (χ4v) is 4.09. The molecule has 1 amide bonds. The van der Waals surface area contributed by atoms with Gasteiger partial charge in [0.05, 0.1) is 4.88 Å². The number of thiophene rings is 1. The molecule has 0 saturated carbocycles. The Morgan fingerprint density at radius 3 is 2.95 bits per heavy atom. The first kappa shape index (κ1) is 14.8. The lowest BCUT2D eigenvalue weighted by molar-refractivity contribution is 0.0660. The molecule has 1 N–H and O–H groups in total. The SMILES string of the molecule is CC1CNCCN1C(=O)c1cc2c(s1)CCCC2.Cl. The molecule has 1 aromatic heterocycles. The van der Waals surface area contributed by atoms with Crippen LogP contribution >= 0.6 is 23.7 Å². The monoisotopic (exact) mass is 300 g/mol. The van der Waals surface area contributed by atoms with Crippen molar-refractivity contribution < 1.29 is 4.79 Å². The number of halogens is 1. The molecule has 19 heavy (non-hydrogen) atoms. The van der Waals surface area contributed by atoms with Gasteiger partial charge >= 0.3 is 0 Å². The Morgan fingerprint density at radius 1 is 1.42 bits per heavy atom. The van der Waals surface area contributed by atoms with Crippen LogP contribution in [0.3, 0.4) is 0 Å². The lowest BCUT2D eigenvalue weighted by atomic mass is 9.99. The van der Waals surface area contributed by atoms with Gasteiger partial charge in [-0.25, -0.2) is 0 Å². The first-order chi connectivity index (χ1) is 8.75. The highest BCUT2D eigenvalue weighted by molar-refractivity contribution is 7.14. The van der Waals surface area contributed by atoms with Crippen LogP contribution in [0.25, 0.3) is 0 Å². The number of piperazine rings is 1. The van der Waals surface area contributed by atoms with Gasteiger partial charge in [0.1, 0.15) is 0 Å². The van der Waals surface area contributed by atoms with E-state index in [1.807, 2.05) is 4.90 Å². The molecule has 1 atom stereocenters. The highest BCUT2D eigenvalue weighted by Crippen LogP contribution is 2.30. The number of hydrogen-bond acceptors (Lipinski definition) is 3. The van der Waals surface area contributed by atoms with E-state index in [-0.39, 0.29) is 18.3 Å². The number of amides is 1. The number of nitrogens with zero attached hydrogens (tertiary/aromatic N) is 1. The number of aryl methyl sites for hydroxylation is 2. The van der Waals surface area contributed by atoms with Gasteiger partial charge in [-0.2, -0.15) is 0 Å². The van der Waals surface area contributed by atoms with E-state index in [2.05, 4.69) is 18.3 Å². The quantitative estimate of drug-likeness (QED) is 0.864. The number of carbonyl (C=O) groups is 1. The van der Waals surface area contributed by atoms with Crippen LogP contribution in [0.2, 0.25) is 0 Å². The van der Waals surface area contributed by atoms with Crippen molar-refractivity contribution >= 4 is 29.7 Å². The van der Waals surface area contributed by atoms with E-state index in [4.69, 9.17) is 0 Å². The minimum Gasteiger partial charge on any atom is -0.333 e. The molecule has 1 aliphatic carbocycles. The molecule has 2 aliphatic rings. The van der Waals surface area contributed by atoms with Gasteiger partial charge in [0.2, 0.25) is 0 Å². The standard InChI is InChI=1S/C14H20N2OS.ClH/c1-10-9-15-6-7-16(10)14(17)13-8-11-4-2-3-5-12(11)18-13;/h8,10,15H,2-7,9H2,1H3;1H. The molecular weight excluding hydrogens is 280 g/mol. The van der Waals surface area contributed by atoms with Gasteiger partial charge < -0.3 is 10.2 Å². The number of fused-ring (bicyclic) bond motifs is 1. The molecule has 106 valence electrons. The third-order valence-corrected chi connectivity index (χ3v) is 5.19. The van der Waals surface area contributed by atoms with Gasteiger partial charge in [0.25, 0.3) is 5.91 Å². The molecule has 1 aliphatic heterocycles. The maximum Gasteiger partial charge on any atom is 0.264 e. The Balaban J connectivity index is 0.00000133. The predicted molar refractivity (Wildman–Crippen MR) is 81.6 cm³/mol. The zero-order valence-corrected chi connectivity index (χ0v) is 12.9. The summed E-state index contributed by atoms with van der Waals surface area (Å²) in [7, 11) is 0. The van der Waals surface area contributed by atoms with Crippen molar-refractivity contribution in [1.82, 2.24) is 10.2 Å². The van der Waals surface area contributed by atoms with E-state index >= 15 is 0 Å². The highest BCUT2D eigenvalue weighted by atomic mass is 35.5. The summed E-state index contributed by atoms with van der Waals surface area (Å²) in [5.41, 5.74) is 1.43. The maximum absolute atomic E-state index is 12.5. The molecular formula is C14H21ClN2OS. The fraction of sp³-hybridized carbons (Fsp3) is 0.643. The molecule has 1 saturated heterocycles. The average Bonchev–Trinajstić information content (AvgIpc) is 2.82. The van der Waals surface area contributed by atoms with Gasteiger partial charge in [-0.15, -0.1) is 23.7 Å². The number of nitrogens with one attached hydrogen (secondary N) is 1. The van der Waals surface area contributed by atoms with Crippen LogP contribution in [0.15, 0.2) is 6.07 Å². The van der Waals surface area contributed by atoms with Crippen molar-refractivity contribution in [2.45, 2.75) is 38.6 Å². The Labute approximate surface area is 124 Å². The van der Waals surface area contributed by atoms with Crippen LogP contribution < -0.4 is 5.32 Å². The van der Waals surface area contributed by atoms with Gasteiger partial charge in [-0.3, -0.25) is 4.79 Å². The highest BCUT2D eigenvalue weighted by Gasteiger charge is 2.26. The molecule has 1 unspecified atom stereocenters. The molecule has 0 radical (unpaired) electrons. The molecule has 0 aromatic carbocycles. The first-order valence-electron chi connectivity index (χ1n) is 6.89. The lowest BCUT2D eigenvalue weighted by Gasteiger charge is -2.33. The maximum atomic E-state index is 12.5. The lowest BCUT2D eigenvalue weighted by Crippen LogP contribution is -2.52. The van der Waals surface area contributed by atoms with E-state index in [0.29, 0.717) is 6.04 Å². The molecule has 0 bridgehead atoms. The Morgan fingerprint density at radius 2 is 2.21 bits per heavy atom. The summed E-state index contributed by atoms with van der Waals surface area (Å²) in [6, 6.07) is 2.46. The van der Waals surface area contributed by atoms with Crippen LogP contribution in [-0.2, 0) is 12.8 Å². The normalized spacial score (nSPS) is 22.6. The van der Waals surface area contributed by atoms with Crippen molar-refractivity contribution in [3.05, 3.63) is 21.4 Å². The van der Waals surface area contributed by atoms with E-state index in [1.165, 1.54) is 29.7 Å². The van der Waals surface area contributed by atoms with Gasteiger partial charge in [-0.1, -0.05) is 0 Å². The molecule has 3 rings (SSSR count). The summed E-state index contributed by atoms with van der Waals surface area (Å²) in [5.74, 6) is 0.239. The summed E-state index contributed by atoms with van der Waals surface area (Å²) in [6.07, 6.45) is 4.90. The Bertz CT molecular complexity index is 437. The second-order valence-corrected chi connectivity index (χ2v) is 6.45. The number of hydrogen-bond donors (Lipinski definition) is 1. The van der Waals surface area contributed by atoms with Crippen molar-refractivity contribution in [3.8, 4) is 0 Å². The summed E-state index contributed by atoms with van der Waals surface area (Å²) in [4.78, 5) is 17.0. The molecule has 3 nitrogen and oxygen atoms in total. The van der Waals surface area contributed by atoms with Crippen LogP contribution in [0.5, 0.6) is 0 Å². The smallest absolute Gasteiger partial charge is 0.264 e. The van der Waals surface area contributed by atoms with Gasteiger partial charge in [0, 0.05) is 30.6 Å². The van der Waals surface area contributed by atoms with Crippen LogP contribution in [0.4, 0.5) is 0 Å². The predicted octanol–water partition coefficient (Wildman–Crippen LogP) is 2.48. The van der Waals surface area contributed by atoms with Gasteiger partial charge in [0.15, 0.2) is 0 Å². The van der Waals surface area contributed by atoms with E-state index < -0.39 is 0 Å². The third-order valence-electron chi connectivity index (χ3n) is 3.97. The summed E-state index contributed by atoms with van der Waals surface area (Å²) in [5, 5.41) is 3.33. The third kappa shape index (κ3) is 2.96. The first-order valence-corrected chi connectivity index (χ1v) is 7.70. The molecule has 5 heteroatoms. The average molecular weight is 301 g/mol. The van der Waals surface area contributed by atoms with Crippen molar-refractivity contribution in [2.24, 2.45) is 0 Å². The fourth-order valence-electron chi connectivity index (χ4n) is 2.88. The Kier molecular flexibility index (Phi) is 4.87. The minimum absolute atomic E-state index is 0. The molecule has 0 spiro atoms. The number of carbonyl (C=O) groups excluding carboxylic acids is 1. The molecule has 1 aromatic rings. The van der Waals surface area contributed by atoms with Crippen molar-refractivity contribution in [2.75, 3.05) is 19.6 Å². The summed E-state index contributed by atoms with van der Waals surface area (Å²) < 4.78 is 0. The second kappa shape index (κ2) is 6.25. The van der Waals surface area contributed by atoms with E-state index in [9.17, 15) is 4.79 Å². The molecule has 1 fully saturated rings. The summed E-state index contributed by atoms with van der Waals surface area (Å²) in [6.45, 7) is 4.79. The minimum atomic E-state index is 0. The van der Waals surface area contributed by atoms with Crippen LogP contribution in [0.1, 0.15) is 39.9 Å². The van der Waals surface area contributed by atoms with Crippen molar-refractivity contribution in [1.29, 1.82) is 0 Å². The van der Waals surface area contributed by atoms with Gasteiger partial charge in [-0.05, 0) is 44.2 Å².